The number of anilines is 1. The predicted octanol–water partition coefficient (Wildman–Crippen LogP) is 3.74. The van der Waals surface area contributed by atoms with E-state index in [-0.39, 0.29) is 17.2 Å². The van der Waals surface area contributed by atoms with Crippen molar-refractivity contribution in [1.82, 2.24) is 14.5 Å². The lowest BCUT2D eigenvalue weighted by Crippen LogP contribution is -2.36. The molecule has 0 bridgehead atoms. The molecular formula is C22H26N4O4S2. The van der Waals surface area contributed by atoms with Gasteiger partial charge in [0.25, 0.3) is 0 Å². The van der Waals surface area contributed by atoms with Gasteiger partial charge in [-0.1, -0.05) is 13.8 Å². The van der Waals surface area contributed by atoms with E-state index in [4.69, 9.17) is 4.42 Å². The number of aromatic nitrogens is 2. The summed E-state index contributed by atoms with van der Waals surface area (Å²) in [7, 11) is -3.53. The van der Waals surface area contributed by atoms with Gasteiger partial charge in [-0.15, -0.1) is 10.2 Å². The van der Waals surface area contributed by atoms with Gasteiger partial charge in [-0.2, -0.15) is 15.6 Å². The van der Waals surface area contributed by atoms with Crippen molar-refractivity contribution in [3.8, 4) is 11.5 Å². The molecule has 170 valence electrons. The van der Waals surface area contributed by atoms with Gasteiger partial charge in [0.15, 0.2) is 0 Å². The Balaban J connectivity index is 1.47. The molecule has 1 amide bonds. The van der Waals surface area contributed by atoms with Crippen LogP contribution in [0.15, 0.2) is 44.3 Å². The van der Waals surface area contributed by atoms with Gasteiger partial charge in [0, 0.05) is 49.1 Å². The molecule has 1 aromatic carbocycles. The third kappa shape index (κ3) is 4.48. The van der Waals surface area contributed by atoms with Crippen molar-refractivity contribution in [2.45, 2.75) is 44.4 Å². The second kappa shape index (κ2) is 9.51. The Morgan fingerprint density at radius 1 is 1.22 bits per heavy atom. The van der Waals surface area contributed by atoms with Crippen LogP contribution in [0.4, 0.5) is 5.69 Å². The van der Waals surface area contributed by atoms with Gasteiger partial charge >= 0.3 is 0 Å². The minimum Gasteiger partial charge on any atom is -0.421 e. The number of benzene rings is 1. The van der Waals surface area contributed by atoms with Crippen LogP contribution in [0.3, 0.4) is 0 Å². The standard InChI is InChI=1S/C22H26N4O4S2/c1-3-25(4-2)32(28,29)18-7-8-19-16(14-18)6-5-12-26(19)21(27)10-9-20-23-24-22(30-20)17-11-13-31-15-17/h7-8,11,13-15H,3-6,9-10,12H2,1-2H3. The molecule has 3 aromatic rings. The van der Waals surface area contributed by atoms with Crippen LogP contribution in [-0.4, -0.2) is 48.5 Å². The Morgan fingerprint density at radius 3 is 2.75 bits per heavy atom. The van der Waals surface area contributed by atoms with Gasteiger partial charge in [-0.25, -0.2) is 8.42 Å². The summed E-state index contributed by atoms with van der Waals surface area (Å²) in [5.41, 5.74) is 2.54. The van der Waals surface area contributed by atoms with Crippen molar-refractivity contribution in [3.05, 3.63) is 46.5 Å². The highest BCUT2D eigenvalue weighted by molar-refractivity contribution is 7.89. The average Bonchev–Trinajstić information content (AvgIpc) is 3.49. The Labute approximate surface area is 191 Å². The first kappa shape index (κ1) is 22.6. The third-order valence-electron chi connectivity index (χ3n) is 5.60. The Bertz CT molecular complexity index is 1180. The van der Waals surface area contributed by atoms with Crippen LogP contribution < -0.4 is 4.90 Å². The number of fused-ring (bicyclic) bond motifs is 1. The molecule has 10 heteroatoms. The van der Waals surface area contributed by atoms with Crippen molar-refractivity contribution in [1.29, 1.82) is 0 Å². The summed E-state index contributed by atoms with van der Waals surface area (Å²) in [6.07, 6.45) is 2.13. The van der Waals surface area contributed by atoms with E-state index in [1.807, 2.05) is 30.7 Å². The average molecular weight is 475 g/mol. The van der Waals surface area contributed by atoms with Gasteiger partial charge in [-0.05, 0) is 48.1 Å². The van der Waals surface area contributed by atoms with Gasteiger partial charge in [0.2, 0.25) is 27.7 Å². The lowest BCUT2D eigenvalue weighted by molar-refractivity contribution is -0.118. The molecule has 32 heavy (non-hydrogen) atoms. The Kier molecular flexibility index (Phi) is 6.73. The number of carbonyl (C=O) groups is 1. The Morgan fingerprint density at radius 2 is 2.03 bits per heavy atom. The maximum atomic E-state index is 13.0. The maximum Gasteiger partial charge on any atom is 0.248 e. The largest absolute Gasteiger partial charge is 0.421 e. The molecular weight excluding hydrogens is 448 g/mol. The SMILES string of the molecule is CCN(CC)S(=O)(=O)c1ccc2c(c1)CCCN2C(=O)CCc1nnc(-c2ccsc2)o1. The van der Waals surface area contributed by atoms with Crippen molar-refractivity contribution in [2.24, 2.45) is 0 Å². The summed E-state index contributed by atoms with van der Waals surface area (Å²) >= 11 is 1.55. The molecule has 0 aliphatic carbocycles. The van der Waals surface area contributed by atoms with E-state index in [1.165, 1.54) is 4.31 Å². The normalized spacial score (nSPS) is 14.0. The highest BCUT2D eigenvalue weighted by Gasteiger charge is 2.27. The molecule has 8 nitrogen and oxygen atoms in total. The summed E-state index contributed by atoms with van der Waals surface area (Å²) in [6.45, 7) is 5.10. The van der Waals surface area contributed by atoms with Crippen LogP contribution in [0.2, 0.25) is 0 Å². The molecule has 3 heterocycles. The molecule has 4 rings (SSSR count). The number of rotatable bonds is 8. The molecule has 0 atom stereocenters. The van der Waals surface area contributed by atoms with E-state index >= 15 is 0 Å². The van der Waals surface area contributed by atoms with E-state index in [1.54, 1.807) is 34.4 Å². The fourth-order valence-electron chi connectivity index (χ4n) is 3.91. The number of amides is 1. The lowest BCUT2D eigenvalue weighted by atomic mass is 10.0. The zero-order chi connectivity index (χ0) is 22.7. The van der Waals surface area contributed by atoms with E-state index in [9.17, 15) is 13.2 Å². The maximum absolute atomic E-state index is 13.0. The minimum absolute atomic E-state index is 0.0411. The van der Waals surface area contributed by atoms with Crippen molar-refractivity contribution in [2.75, 3.05) is 24.5 Å². The Hall–Kier alpha value is -2.56. The summed E-state index contributed by atoms with van der Waals surface area (Å²) < 4.78 is 32.8. The number of nitrogens with zero attached hydrogens (tertiary/aromatic N) is 4. The summed E-state index contributed by atoms with van der Waals surface area (Å²) in [4.78, 5) is 15.0. The second-order valence-corrected chi connectivity index (χ2v) is 10.3. The molecule has 0 spiro atoms. The van der Waals surface area contributed by atoms with Gasteiger partial charge in [-0.3, -0.25) is 4.79 Å². The van der Waals surface area contributed by atoms with Crippen LogP contribution in [0.1, 0.15) is 38.1 Å². The number of hydrogen-bond acceptors (Lipinski definition) is 7. The molecule has 0 N–H and O–H groups in total. The topological polar surface area (TPSA) is 96.6 Å². The molecule has 1 aliphatic heterocycles. The second-order valence-electron chi connectivity index (χ2n) is 7.54. The number of carbonyl (C=O) groups excluding carboxylic acids is 1. The molecule has 1 aliphatic rings. The quantitative estimate of drug-likeness (QED) is 0.493. The van der Waals surface area contributed by atoms with E-state index in [0.29, 0.717) is 37.8 Å². The summed E-state index contributed by atoms with van der Waals surface area (Å²) in [5.74, 6) is 0.844. The van der Waals surface area contributed by atoms with Crippen molar-refractivity contribution >= 4 is 33.0 Å². The molecule has 0 radical (unpaired) electrons. The first-order valence-electron chi connectivity index (χ1n) is 10.7. The lowest BCUT2D eigenvalue weighted by Gasteiger charge is -2.30. The van der Waals surface area contributed by atoms with Crippen LogP contribution >= 0.6 is 11.3 Å². The molecule has 2 aromatic heterocycles. The smallest absolute Gasteiger partial charge is 0.248 e. The fraction of sp³-hybridized carbons (Fsp3) is 0.409. The minimum atomic E-state index is -3.53. The van der Waals surface area contributed by atoms with E-state index < -0.39 is 10.0 Å². The highest BCUT2D eigenvalue weighted by Crippen LogP contribution is 2.31. The van der Waals surface area contributed by atoms with E-state index in [2.05, 4.69) is 10.2 Å². The number of aryl methyl sites for hydroxylation is 2. The number of sulfonamides is 1. The van der Waals surface area contributed by atoms with Crippen LogP contribution in [0, 0.1) is 0 Å². The first-order valence-corrected chi connectivity index (χ1v) is 13.1. The first-order chi connectivity index (χ1) is 15.4. The van der Waals surface area contributed by atoms with Crippen molar-refractivity contribution in [3.63, 3.8) is 0 Å². The monoisotopic (exact) mass is 474 g/mol. The molecule has 0 fully saturated rings. The van der Waals surface area contributed by atoms with E-state index in [0.717, 1.165) is 29.7 Å². The molecule has 0 unspecified atom stereocenters. The highest BCUT2D eigenvalue weighted by atomic mass is 32.2. The van der Waals surface area contributed by atoms with Crippen molar-refractivity contribution < 1.29 is 17.6 Å². The van der Waals surface area contributed by atoms with Crippen LogP contribution in [-0.2, 0) is 27.7 Å². The number of thiophene rings is 1. The van der Waals surface area contributed by atoms with Gasteiger partial charge in [0.05, 0.1) is 4.90 Å². The zero-order valence-corrected chi connectivity index (χ0v) is 19.8. The van der Waals surface area contributed by atoms with Gasteiger partial charge in [0.1, 0.15) is 0 Å². The molecule has 0 saturated carbocycles. The van der Waals surface area contributed by atoms with Crippen LogP contribution in [0.5, 0.6) is 0 Å². The summed E-state index contributed by atoms with van der Waals surface area (Å²) in [6, 6.07) is 6.98. The van der Waals surface area contributed by atoms with Crippen LogP contribution in [0.25, 0.3) is 11.5 Å². The predicted molar refractivity (Wildman–Crippen MR) is 123 cm³/mol. The molecule has 0 saturated heterocycles. The number of hydrogen-bond donors (Lipinski definition) is 0. The summed E-state index contributed by atoms with van der Waals surface area (Å²) in [5, 5.41) is 12.0. The zero-order valence-electron chi connectivity index (χ0n) is 18.2. The third-order valence-corrected chi connectivity index (χ3v) is 8.33. The fourth-order valence-corrected chi connectivity index (χ4v) is 6.05. The van der Waals surface area contributed by atoms with Gasteiger partial charge < -0.3 is 9.32 Å².